The Morgan fingerprint density at radius 3 is 2.44 bits per heavy atom. The van der Waals surface area contributed by atoms with Crippen molar-refractivity contribution < 1.29 is 4.79 Å². The summed E-state index contributed by atoms with van der Waals surface area (Å²) in [5.41, 5.74) is 10.6. The highest BCUT2D eigenvalue weighted by Crippen LogP contribution is 2.31. The van der Waals surface area contributed by atoms with Gasteiger partial charge >= 0.3 is 5.69 Å². The summed E-state index contributed by atoms with van der Waals surface area (Å²) >= 11 is 0. The van der Waals surface area contributed by atoms with Crippen LogP contribution in [-0.2, 0) is 6.54 Å². The Bertz CT molecular complexity index is 1400. The molecule has 36 heavy (non-hydrogen) atoms. The summed E-state index contributed by atoms with van der Waals surface area (Å²) < 4.78 is 3.21. The molecule has 0 bridgehead atoms. The van der Waals surface area contributed by atoms with Crippen molar-refractivity contribution in [3.63, 3.8) is 0 Å². The molecule has 1 atom stereocenters. The first kappa shape index (κ1) is 25.4. The van der Waals surface area contributed by atoms with Gasteiger partial charge in [-0.05, 0) is 62.6 Å². The Kier molecular flexibility index (Phi) is 7.70. The van der Waals surface area contributed by atoms with Crippen LogP contribution in [0.2, 0.25) is 0 Å². The second kappa shape index (κ2) is 10.9. The molecule has 0 aliphatic rings. The molecule has 0 aliphatic carbocycles. The second-order valence-electron chi connectivity index (χ2n) is 9.75. The van der Waals surface area contributed by atoms with E-state index in [1.807, 2.05) is 85.5 Å². The van der Waals surface area contributed by atoms with E-state index in [0.29, 0.717) is 31.6 Å². The van der Waals surface area contributed by atoms with Crippen molar-refractivity contribution in [2.75, 3.05) is 13.1 Å². The molecule has 0 saturated carbocycles. The van der Waals surface area contributed by atoms with Crippen molar-refractivity contribution in [3.8, 4) is 0 Å². The van der Waals surface area contributed by atoms with Gasteiger partial charge in [0.25, 0.3) is 5.91 Å². The standard InChI is InChI=1S/C29H35N5O2/c1-20(2)27(32(15-9-14-30)28(35)24-13-8-10-21(3)16-24)26-18-25-17-22(4)31-34(25)29(36)33(26)19-23-11-6-5-7-12-23/h5-8,10-13,16-18,20,27H,9,14-15,19,30H2,1-4H3. The molecule has 4 aromatic rings. The average molecular weight is 486 g/mol. The van der Waals surface area contributed by atoms with Gasteiger partial charge in [0.1, 0.15) is 0 Å². The topological polar surface area (TPSA) is 85.6 Å². The minimum atomic E-state index is -0.332. The molecule has 2 aromatic heterocycles. The predicted octanol–water partition coefficient (Wildman–Crippen LogP) is 4.35. The van der Waals surface area contributed by atoms with Crippen LogP contribution in [0.25, 0.3) is 5.52 Å². The van der Waals surface area contributed by atoms with Crippen molar-refractivity contribution in [2.24, 2.45) is 11.7 Å². The lowest BCUT2D eigenvalue weighted by Crippen LogP contribution is -2.42. The van der Waals surface area contributed by atoms with E-state index in [1.54, 1.807) is 4.57 Å². The number of aromatic nitrogens is 3. The summed E-state index contributed by atoms with van der Waals surface area (Å²) in [5, 5.41) is 4.43. The summed E-state index contributed by atoms with van der Waals surface area (Å²) in [6.45, 7) is 9.39. The number of aryl methyl sites for hydroxylation is 2. The van der Waals surface area contributed by atoms with Crippen molar-refractivity contribution in [1.29, 1.82) is 0 Å². The number of hydrogen-bond acceptors (Lipinski definition) is 4. The molecule has 0 saturated heterocycles. The van der Waals surface area contributed by atoms with Crippen LogP contribution in [0.15, 0.2) is 71.5 Å². The van der Waals surface area contributed by atoms with Crippen LogP contribution in [0.3, 0.4) is 0 Å². The smallest absolute Gasteiger partial charge is 0.330 e. The Labute approximate surface area is 212 Å². The number of carbonyl (C=O) groups is 1. The fraction of sp³-hybridized carbons (Fsp3) is 0.345. The predicted molar refractivity (Wildman–Crippen MR) is 143 cm³/mol. The molecule has 2 N–H and O–H groups in total. The van der Waals surface area contributed by atoms with Gasteiger partial charge in [-0.1, -0.05) is 61.9 Å². The summed E-state index contributed by atoms with van der Waals surface area (Å²) in [6.07, 6.45) is 0.664. The molecule has 1 amide bonds. The zero-order valence-electron chi connectivity index (χ0n) is 21.5. The highest BCUT2D eigenvalue weighted by molar-refractivity contribution is 5.94. The summed E-state index contributed by atoms with van der Waals surface area (Å²) in [4.78, 5) is 29.6. The Hall–Kier alpha value is -3.71. The minimum Gasteiger partial charge on any atom is -0.330 e. The van der Waals surface area contributed by atoms with Gasteiger partial charge in [-0.2, -0.15) is 9.61 Å². The molecule has 0 radical (unpaired) electrons. The number of benzene rings is 2. The van der Waals surface area contributed by atoms with Gasteiger partial charge in [-0.3, -0.25) is 9.36 Å². The third kappa shape index (κ3) is 5.26. The SMILES string of the molecule is Cc1cccc(C(=O)N(CCCN)C(c2cc3cc(C)nn3c(=O)n2Cc2ccccc2)C(C)C)c1. The molecule has 2 heterocycles. The van der Waals surface area contributed by atoms with Crippen LogP contribution in [-0.4, -0.2) is 38.1 Å². The van der Waals surface area contributed by atoms with Crippen LogP contribution in [0.4, 0.5) is 0 Å². The Balaban J connectivity index is 1.91. The number of rotatable bonds is 9. The van der Waals surface area contributed by atoms with Gasteiger partial charge in [-0.25, -0.2) is 4.79 Å². The second-order valence-corrected chi connectivity index (χ2v) is 9.75. The number of hydrogen-bond donors (Lipinski definition) is 1. The van der Waals surface area contributed by atoms with Gasteiger partial charge in [-0.15, -0.1) is 0 Å². The van der Waals surface area contributed by atoms with Gasteiger partial charge in [0.05, 0.1) is 23.8 Å². The van der Waals surface area contributed by atoms with Crippen molar-refractivity contribution in [2.45, 2.75) is 46.7 Å². The van der Waals surface area contributed by atoms with Gasteiger partial charge in [0.2, 0.25) is 0 Å². The number of carbonyl (C=O) groups excluding carboxylic acids is 1. The third-order valence-electron chi connectivity index (χ3n) is 6.46. The van der Waals surface area contributed by atoms with E-state index in [1.165, 1.54) is 4.52 Å². The monoisotopic (exact) mass is 485 g/mol. The largest absolute Gasteiger partial charge is 0.349 e. The highest BCUT2D eigenvalue weighted by Gasteiger charge is 2.31. The first-order valence-corrected chi connectivity index (χ1v) is 12.5. The molecule has 0 spiro atoms. The van der Waals surface area contributed by atoms with Crippen LogP contribution >= 0.6 is 0 Å². The van der Waals surface area contributed by atoms with Crippen molar-refractivity contribution >= 4 is 11.4 Å². The lowest BCUT2D eigenvalue weighted by atomic mass is 9.96. The first-order valence-electron chi connectivity index (χ1n) is 12.5. The average Bonchev–Trinajstić information content (AvgIpc) is 3.24. The van der Waals surface area contributed by atoms with E-state index < -0.39 is 0 Å². The van der Waals surface area contributed by atoms with E-state index in [-0.39, 0.29) is 23.6 Å². The summed E-state index contributed by atoms with van der Waals surface area (Å²) in [7, 11) is 0. The van der Waals surface area contributed by atoms with E-state index in [0.717, 1.165) is 28.0 Å². The minimum absolute atomic E-state index is 0.0458. The van der Waals surface area contributed by atoms with E-state index in [9.17, 15) is 9.59 Å². The van der Waals surface area contributed by atoms with E-state index >= 15 is 0 Å². The van der Waals surface area contributed by atoms with E-state index in [2.05, 4.69) is 18.9 Å². The van der Waals surface area contributed by atoms with Gasteiger partial charge < -0.3 is 10.6 Å². The highest BCUT2D eigenvalue weighted by atomic mass is 16.2. The zero-order valence-corrected chi connectivity index (χ0v) is 21.5. The van der Waals surface area contributed by atoms with Crippen LogP contribution in [0.1, 0.15) is 59.2 Å². The third-order valence-corrected chi connectivity index (χ3v) is 6.46. The molecular formula is C29H35N5O2. The number of amides is 1. The fourth-order valence-corrected chi connectivity index (χ4v) is 4.83. The molecule has 7 heteroatoms. The lowest BCUT2D eigenvalue weighted by Gasteiger charge is -2.36. The fourth-order valence-electron chi connectivity index (χ4n) is 4.83. The van der Waals surface area contributed by atoms with Crippen LogP contribution < -0.4 is 11.4 Å². The maximum Gasteiger partial charge on any atom is 0.349 e. The summed E-state index contributed by atoms with van der Waals surface area (Å²) in [5.74, 6) is -0.0152. The Morgan fingerprint density at radius 2 is 1.78 bits per heavy atom. The lowest BCUT2D eigenvalue weighted by molar-refractivity contribution is 0.0609. The first-order chi connectivity index (χ1) is 17.3. The zero-order chi connectivity index (χ0) is 25.8. The van der Waals surface area contributed by atoms with Gasteiger partial charge in [0.15, 0.2) is 0 Å². The molecule has 0 aliphatic heterocycles. The van der Waals surface area contributed by atoms with Crippen LogP contribution in [0, 0.1) is 19.8 Å². The maximum absolute atomic E-state index is 13.9. The molecule has 7 nitrogen and oxygen atoms in total. The van der Waals surface area contributed by atoms with Crippen molar-refractivity contribution in [3.05, 3.63) is 105 Å². The normalized spacial score (nSPS) is 12.3. The van der Waals surface area contributed by atoms with Crippen LogP contribution in [0.5, 0.6) is 0 Å². The molecule has 2 aromatic carbocycles. The number of nitrogens with two attached hydrogens (primary N) is 1. The van der Waals surface area contributed by atoms with Crippen molar-refractivity contribution in [1.82, 2.24) is 19.1 Å². The Morgan fingerprint density at radius 1 is 1.03 bits per heavy atom. The summed E-state index contributed by atoms with van der Waals surface area (Å²) in [6, 6.07) is 21.1. The molecule has 1 unspecified atom stereocenters. The van der Waals surface area contributed by atoms with E-state index in [4.69, 9.17) is 5.73 Å². The number of fused-ring (bicyclic) bond motifs is 1. The number of nitrogens with zero attached hydrogens (tertiary/aromatic N) is 4. The molecule has 188 valence electrons. The quantitative estimate of drug-likeness (QED) is 0.382. The molecular weight excluding hydrogens is 450 g/mol. The molecule has 0 fully saturated rings. The van der Waals surface area contributed by atoms with Gasteiger partial charge in [0, 0.05) is 17.8 Å². The maximum atomic E-state index is 13.9. The molecule has 4 rings (SSSR count).